The molecule has 0 fully saturated rings. The third-order valence-corrected chi connectivity index (χ3v) is 1.50. The quantitative estimate of drug-likeness (QED) is 0.610. The molecule has 0 N–H and O–H groups in total. The van der Waals surface area contributed by atoms with Crippen molar-refractivity contribution in [3.8, 4) is 6.07 Å². The molecular formula is C10H7NO. The van der Waals surface area contributed by atoms with Crippen LogP contribution in [0.3, 0.4) is 0 Å². The van der Waals surface area contributed by atoms with Gasteiger partial charge in [-0.1, -0.05) is 12.1 Å². The lowest BCUT2D eigenvalue weighted by atomic mass is 10.1. The summed E-state index contributed by atoms with van der Waals surface area (Å²) in [5.74, 6) is 1.70. The molecule has 0 aliphatic heterocycles. The Morgan fingerprint density at radius 1 is 1.33 bits per heavy atom. The van der Waals surface area contributed by atoms with E-state index in [1.54, 1.807) is 18.1 Å². The number of nitriles is 1. The van der Waals surface area contributed by atoms with Crippen molar-refractivity contribution in [2.24, 2.45) is 0 Å². The van der Waals surface area contributed by atoms with Gasteiger partial charge in [0.1, 0.15) is 5.94 Å². The van der Waals surface area contributed by atoms with Gasteiger partial charge in [-0.2, -0.15) is 5.26 Å². The molecule has 0 aliphatic rings. The second kappa shape index (κ2) is 4.12. The van der Waals surface area contributed by atoms with Crippen molar-refractivity contribution >= 4 is 5.94 Å². The minimum Gasteiger partial charge on any atom is -0.234 e. The van der Waals surface area contributed by atoms with E-state index in [0.29, 0.717) is 12.0 Å². The van der Waals surface area contributed by atoms with Gasteiger partial charge in [-0.15, -0.1) is 0 Å². The minimum absolute atomic E-state index is 0.579. The molecule has 0 heterocycles. The van der Waals surface area contributed by atoms with Crippen molar-refractivity contribution in [1.82, 2.24) is 0 Å². The average molecular weight is 157 g/mol. The fourth-order valence-electron chi connectivity index (χ4n) is 0.875. The maximum atomic E-state index is 9.87. The lowest BCUT2D eigenvalue weighted by Crippen LogP contribution is -1.81. The van der Waals surface area contributed by atoms with Gasteiger partial charge < -0.3 is 0 Å². The Labute approximate surface area is 70.8 Å². The lowest BCUT2D eigenvalue weighted by molar-refractivity contribution is 0.568. The zero-order valence-electron chi connectivity index (χ0n) is 6.45. The SMILES string of the molecule is N#Cc1ccc(CC=C=O)cc1. The third-order valence-electron chi connectivity index (χ3n) is 1.50. The molecule has 0 unspecified atom stereocenters. The van der Waals surface area contributed by atoms with E-state index < -0.39 is 0 Å². The first-order valence-corrected chi connectivity index (χ1v) is 3.55. The average Bonchev–Trinajstić information content (AvgIpc) is 2.15. The van der Waals surface area contributed by atoms with Crippen LogP contribution >= 0.6 is 0 Å². The number of benzene rings is 1. The first-order chi connectivity index (χ1) is 5.86. The number of hydrogen-bond acceptors (Lipinski definition) is 2. The van der Waals surface area contributed by atoms with Gasteiger partial charge >= 0.3 is 0 Å². The number of hydrogen-bond donors (Lipinski definition) is 0. The molecule has 1 aromatic carbocycles. The summed E-state index contributed by atoms with van der Waals surface area (Å²) in [5.41, 5.74) is 1.64. The summed E-state index contributed by atoms with van der Waals surface area (Å²) in [6.45, 7) is 0. The molecule has 1 aromatic rings. The van der Waals surface area contributed by atoms with Gasteiger partial charge in [0, 0.05) is 12.5 Å². The van der Waals surface area contributed by atoms with Crippen LogP contribution in [0.15, 0.2) is 30.3 Å². The van der Waals surface area contributed by atoms with Gasteiger partial charge in [0.15, 0.2) is 0 Å². The van der Waals surface area contributed by atoms with Crippen LogP contribution in [-0.2, 0) is 11.2 Å². The standard InChI is InChI=1S/C10H7NO/c11-8-10-5-3-9(4-6-10)2-1-7-12/h1,3-6H,2H2. The highest BCUT2D eigenvalue weighted by Crippen LogP contribution is 2.03. The molecule has 1 rings (SSSR count). The fourth-order valence-corrected chi connectivity index (χ4v) is 0.875. The van der Waals surface area contributed by atoms with Crippen molar-refractivity contribution < 1.29 is 4.79 Å². The molecule has 0 radical (unpaired) electrons. The van der Waals surface area contributed by atoms with Crippen molar-refractivity contribution in [3.63, 3.8) is 0 Å². The highest BCUT2D eigenvalue weighted by molar-refractivity contribution is 5.46. The summed E-state index contributed by atoms with van der Waals surface area (Å²) < 4.78 is 0. The minimum atomic E-state index is 0.579. The number of allylic oxidation sites excluding steroid dienone is 1. The summed E-state index contributed by atoms with van der Waals surface area (Å²) in [4.78, 5) is 9.87. The Morgan fingerprint density at radius 2 is 2.00 bits per heavy atom. The smallest absolute Gasteiger partial charge is 0.120 e. The largest absolute Gasteiger partial charge is 0.234 e. The van der Waals surface area contributed by atoms with Crippen molar-refractivity contribution in [2.75, 3.05) is 0 Å². The number of nitrogens with zero attached hydrogens (tertiary/aromatic N) is 1. The van der Waals surface area contributed by atoms with E-state index >= 15 is 0 Å². The van der Waals surface area contributed by atoms with Gasteiger partial charge in [-0.3, -0.25) is 0 Å². The van der Waals surface area contributed by atoms with Crippen LogP contribution in [0, 0.1) is 11.3 Å². The topological polar surface area (TPSA) is 40.9 Å². The first-order valence-electron chi connectivity index (χ1n) is 3.55. The van der Waals surface area contributed by atoms with E-state index in [2.05, 4.69) is 0 Å². The summed E-state index contributed by atoms with van der Waals surface area (Å²) in [6.07, 6.45) is 2.00. The van der Waals surface area contributed by atoms with Crippen LogP contribution in [0.4, 0.5) is 0 Å². The third kappa shape index (κ3) is 2.09. The molecule has 0 amide bonds. The Hall–Kier alpha value is -1.84. The predicted molar refractivity (Wildman–Crippen MR) is 45.1 cm³/mol. The van der Waals surface area contributed by atoms with Gasteiger partial charge in [0.2, 0.25) is 0 Å². The number of carbonyl (C=O) groups excluding carboxylic acids is 1. The van der Waals surface area contributed by atoms with Crippen LogP contribution in [0.1, 0.15) is 11.1 Å². The van der Waals surface area contributed by atoms with Crippen LogP contribution in [0.2, 0.25) is 0 Å². The molecule has 12 heavy (non-hydrogen) atoms. The molecule has 2 heteroatoms. The molecule has 0 atom stereocenters. The van der Waals surface area contributed by atoms with Crippen molar-refractivity contribution in [3.05, 3.63) is 41.5 Å². The molecule has 0 saturated heterocycles. The molecular weight excluding hydrogens is 150 g/mol. The van der Waals surface area contributed by atoms with Gasteiger partial charge in [0.25, 0.3) is 0 Å². The van der Waals surface area contributed by atoms with Gasteiger partial charge in [-0.25, -0.2) is 4.79 Å². The van der Waals surface area contributed by atoms with Gasteiger partial charge in [0.05, 0.1) is 11.6 Å². The van der Waals surface area contributed by atoms with Crippen LogP contribution in [0.25, 0.3) is 0 Å². The van der Waals surface area contributed by atoms with Crippen LogP contribution in [-0.4, -0.2) is 5.94 Å². The Kier molecular flexibility index (Phi) is 2.84. The highest BCUT2D eigenvalue weighted by Gasteiger charge is 1.90. The number of rotatable bonds is 2. The van der Waals surface area contributed by atoms with E-state index in [1.165, 1.54) is 6.08 Å². The van der Waals surface area contributed by atoms with Crippen LogP contribution in [0.5, 0.6) is 0 Å². The van der Waals surface area contributed by atoms with E-state index in [1.807, 2.05) is 18.2 Å². The van der Waals surface area contributed by atoms with E-state index in [4.69, 9.17) is 5.26 Å². The normalized spacial score (nSPS) is 8.25. The second-order valence-corrected chi connectivity index (χ2v) is 2.33. The Bertz CT molecular complexity index is 339. The van der Waals surface area contributed by atoms with Crippen LogP contribution < -0.4 is 0 Å². The molecule has 0 aromatic heterocycles. The van der Waals surface area contributed by atoms with Crippen molar-refractivity contribution in [1.29, 1.82) is 5.26 Å². The molecule has 2 nitrogen and oxygen atoms in total. The fraction of sp³-hybridized carbons (Fsp3) is 0.100. The molecule has 0 bridgehead atoms. The summed E-state index contributed by atoms with van der Waals surface area (Å²) in [5, 5.41) is 8.48. The van der Waals surface area contributed by atoms with Gasteiger partial charge in [-0.05, 0) is 17.7 Å². The van der Waals surface area contributed by atoms with E-state index in [9.17, 15) is 4.79 Å². The summed E-state index contributed by atoms with van der Waals surface area (Å²) >= 11 is 0. The molecule has 0 saturated carbocycles. The zero-order valence-corrected chi connectivity index (χ0v) is 6.45. The Balaban J connectivity index is 2.79. The lowest BCUT2D eigenvalue weighted by Gasteiger charge is -1.93. The van der Waals surface area contributed by atoms with E-state index in [0.717, 1.165) is 5.56 Å². The predicted octanol–water partition coefficient (Wildman–Crippen LogP) is 1.49. The maximum Gasteiger partial charge on any atom is 0.120 e. The highest BCUT2D eigenvalue weighted by atomic mass is 16.1. The second-order valence-electron chi connectivity index (χ2n) is 2.33. The molecule has 0 aliphatic carbocycles. The molecule has 58 valence electrons. The summed E-state index contributed by atoms with van der Waals surface area (Å²) in [7, 11) is 0. The Morgan fingerprint density at radius 3 is 2.50 bits per heavy atom. The monoisotopic (exact) mass is 157 g/mol. The van der Waals surface area contributed by atoms with E-state index in [-0.39, 0.29) is 0 Å². The zero-order chi connectivity index (χ0) is 8.81. The van der Waals surface area contributed by atoms with Crippen molar-refractivity contribution in [2.45, 2.75) is 6.42 Å². The summed E-state index contributed by atoms with van der Waals surface area (Å²) in [6, 6.07) is 9.13. The first kappa shape index (κ1) is 8.26. The maximum absolute atomic E-state index is 9.87. The molecule has 0 spiro atoms.